The van der Waals surface area contributed by atoms with Gasteiger partial charge in [0.25, 0.3) is 0 Å². The van der Waals surface area contributed by atoms with Gasteiger partial charge in [0.15, 0.2) is 16.3 Å². The van der Waals surface area contributed by atoms with E-state index >= 15 is 0 Å². The molecule has 0 amide bonds. The average molecular weight is 515 g/mol. The largest absolute Gasteiger partial charge is 0.512 e. The highest BCUT2D eigenvalue weighted by Gasteiger charge is 2.17. The van der Waals surface area contributed by atoms with Crippen molar-refractivity contribution >= 4 is 33.4 Å². The van der Waals surface area contributed by atoms with E-state index < -0.39 is 6.16 Å². The van der Waals surface area contributed by atoms with Crippen molar-refractivity contribution < 1.29 is 34.0 Å². The Labute approximate surface area is 213 Å². The van der Waals surface area contributed by atoms with Gasteiger partial charge in [-0.1, -0.05) is 38.0 Å². The number of hydrogen-bond donors (Lipinski definition) is 2. The summed E-state index contributed by atoms with van der Waals surface area (Å²) in [5, 5.41) is 19.9. The molecule has 2 N–H and O–H groups in total. The van der Waals surface area contributed by atoms with Gasteiger partial charge in [-0.25, -0.2) is 4.79 Å². The summed E-state index contributed by atoms with van der Waals surface area (Å²) in [6.45, 7) is 6.11. The third kappa shape index (κ3) is 6.34. The monoisotopic (exact) mass is 514 g/mol. The summed E-state index contributed by atoms with van der Waals surface area (Å²) in [4.78, 5) is 35.2. The summed E-state index contributed by atoms with van der Waals surface area (Å²) in [5.74, 6) is 0.952. The minimum absolute atomic E-state index is 0.0184. The fraction of sp³-hybridized carbons (Fsp3) is 0.370. The molecular formula is C27H30O8S. The number of hydrogen-bond acceptors (Lipinski definition) is 8. The SMILES string of the molecule is CCCc1c(OCCCOc2ccc3c(=O)cc(OC(=O)O)sc3c2CCC)ccc(C(C)=O)c1O. The average Bonchev–Trinajstić information content (AvgIpc) is 2.81. The second-order valence-electron chi connectivity index (χ2n) is 8.26. The number of rotatable bonds is 12. The summed E-state index contributed by atoms with van der Waals surface area (Å²) in [6, 6.07) is 7.91. The number of Topliss-reactive ketones (excluding diaryl/α,β-unsaturated/α-hetero) is 1. The van der Waals surface area contributed by atoms with Crippen LogP contribution in [0, 0.1) is 0 Å². The van der Waals surface area contributed by atoms with Crippen molar-refractivity contribution in [2.24, 2.45) is 0 Å². The van der Waals surface area contributed by atoms with Crippen LogP contribution >= 0.6 is 11.3 Å². The first kappa shape index (κ1) is 27.0. The lowest BCUT2D eigenvalue weighted by Crippen LogP contribution is -2.09. The number of aromatic hydroxyl groups is 1. The Hall–Kier alpha value is -3.59. The van der Waals surface area contributed by atoms with Gasteiger partial charge in [0.1, 0.15) is 17.2 Å². The number of carboxylic acid groups (broad SMARTS) is 1. The molecule has 3 rings (SSSR count). The van der Waals surface area contributed by atoms with E-state index in [1.165, 1.54) is 13.0 Å². The van der Waals surface area contributed by atoms with Gasteiger partial charge in [-0.05, 0) is 44.0 Å². The van der Waals surface area contributed by atoms with Crippen LogP contribution in [0.25, 0.3) is 10.1 Å². The molecular weight excluding hydrogens is 484 g/mol. The van der Waals surface area contributed by atoms with E-state index in [1.807, 2.05) is 13.8 Å². The Morgan fingerprint density at radius 3 is 2.17 bits per heavy atom. The Morgan fingerprint density at radius 2 is 1.56 bits per heavy atom. The smallest absolute Gasteiger partial charge is 0.507 e. The first-order valence-corrected chi connectivity index (χ1v) is 12.7. The van der Waals surface area contributed by atoms with Gasteiger partial charge in [0.05, 0.1) is 18.8 Å². The molecule has 3 aromatic rings. The number of phenolic OH excluding ortho intramolecular Hbond substituents is 1. The van der Waals surface area contributed by atoms with Crippen LogP contribution < -0.4 is 19.6 Å². The van der Waals surface area contributed by atoms with Crippen molar-refractivity contribution in [3.8, 4) is 22.3 Å². The standard InChI is InChI=1S/C27H30O8S/c1-4-7-19-22(11-9-17(16(3)28)25(19)30)33-13-6-14-34-23-12-10-18-21(29)15-24(35-27(31)32)36-26(18)20(23)8-5-2/h9-12,15,30H,4-8,13-14H2,1-3H3,(H,31,32). The molecule has 1 heterocycles. The third-order valence-electron chi connectivity index (χ3n) is 5.55. The lowest BCUT2D eigenvalue weighted by Gasteiger charge is -2.16. The molecule has 192 valence electrons. The maximum atomic E-state index is 12.5. The molecule has 0 atom stereocenters. The molecule has 8 nitrogen and oxygen atoms in total. The number of phenols is 1. The molecule has 0 radical (unpaired) electrons. The summed E-state index contributed by atoms with van der Waals surface area (Å²) in [7, 11) is 0. The number of carbonyl (C=O) groups excluding carboxylic acids is 1. The van der Waals surface area contributed by atoms with Crippen molar-refractivity contribution in [2.75, 3.05) is 13.2 Å². The van der Waals surface area contributed by atoms with E-state index in [0.717, 1.165) is 29.7 Å². The topological polar surface area (TPSA) is 119 Å². The zero-order valence-corrected chi connectivity index (χ0v) is 21.4. The zero-order chi connectivity index (χ0) is 26.2. The van der Waals surface area contributed by atoms with Gasteiger partial charge < -0.3 is 24.4 Å². The number of carbonyl (C=O) groups is 2. The normalized spacial score (nSPS) is 10.9. The quantitative estimate of drug-likeness (QED) is 0.172. The predicted octanol–water partition coefficient (Wildman–Crippen LogP) is 5.98. The first-order valence-electron chi connectivity index (χ1n) is 11.9. The number of benzene rings is 2. The van der Waals surface area contributed by atoms with Gasteiger partial charge in [-0.15, -0.1) is 0 Å². The van der Waals surface area contributed by atoms with E-state index in [1.54, 1.807) is 24.3 Å². The molecule has 1 aromatic heterocycles. The zero-order valence-electron chi connectivity index (χ0n) is 20.6. The number of fused-ring (bicyclic) bond motifs is 1. The van der Waals surface area contributed by atoms with E-state index in [4.69, 9.17) is 19.3 Å². The molecule has 2 aromatic carbocycles. The molecule has 0 aliphatic carbocycles. The Kier molecular flexibility index (Phi) is 9.30. The van der Waals surface area contributed by atoms with Crippen LogP contribution in [0.3, 0.4) is 0 Å². The molecule has 0 aliphatic heterocycles. The molecule has 0 saturated heterocycles. The van der Waals surface area contributed by atoms with Crippen LogP contribution in [0.15, 0.2) is 35.1 Å². The highest BCUT2D eigenvalue weighted by atomic mass is 32.1. The highest BCUT2D eigenvalue weighted by Crippen LogP contribution is 2.35. The third-order valence-corrected chi connectivity index (χ3v) is 6.62. The van der Waals surface area contributed by atoms with E-state index in [-0.39, 0.29) is 27.6 Å². The summed E-state index contributed by atoms with van der Waals surface area (Å²) >= 11 is 1.11. The molecule has 0 saturated carbocycles. The van der Waals surface area contributed by atoms with Crippen molar-refractivity contribution in [1.82, 2.24) is 0 Å². The van der Waals surface area contributed by atoms with Gasteiger partial charge in [0.2, 0.25) is 0 Å². The van der Waals surface area contributed by atoms with Crippen LogP contribution in [0.2, 0.25) is 0 Å². The Morgan fingerprint density at radius 1 is 0.944 bits per heavy atom. The van der Waals surface area contributed by atoms with Crippen molar-refractivity contribution in [1.29, 1.82) is 0 Å². The second kappa shape index (κ2) is 12.4. The van der Waals surface area contributed by atoms with E-state index in [9.17, 15) is 19.5 Å². The van der Waals surface area contributed by atoms with Crippen molar-refractivity contribution in [3.05, 3.63) is 57.2 Å². The minimum atomic E-state index is -1.47. The molecule has 0 unspecified atom stereocenters. The van der Waals surface area contributed by atoms with Crippen molar-refractivity contribution in [3.63, 3.8) is 0 Å². The van der Waals surface area contributed by atoms with Crippen molar-refractivity contribution in [2.45, 2.75) is 52.9 Å². The first-order chi connectivity index (χ1) is 17.3. The predicted molar refractivity (Wildman–Crippen MR) is 138 cm³/mol. The van der Waals surface area contributed by atoms with Crippen LogP contribution in [-0.2, 0) is 12.8 Å². The van der Waals surface area contributed by atoms with Gasteiger partial charge in [-0.3, -0.25) is 9.59 Å². The van der Waals surface area contributed by atoms with Crippen LogP contribution in [0.5, 0.6) is 22.3 Å². The molecule has 0 fully saturated rings. The summed E-state index contributed by atoms with van der Waals surface area (Å²) < 4.78 is 17.3. The van der Waals surface area contributed by atoms with Crippen LogP contribution in [0.1, 0.15) is 61.5 Å². The maximum Gasteiger partial charge on any atom is 0.512 e. The Bertz CT molecular complexity index is 1310. The van der Waals surface area contributed by atoms with Gasteiger partial charge in [-0.2, -0.15) is 0 Å². The highest BCUT2D eigenvalue weighted by molar-refractivity contribution is 7.20. The maximum absolute atomic E-state index is 12.5. The molecule has 0 bridgehead atoms. The van der Waals surface area contributed by atoms with E-state index in [2.05, 4.69) is 0 Å². The lowest BCUT2D eigenvalue weighted by molar-refractivity contribution is 0.101. The number of aryl methyl sites for hydroxylation is 1. The second-order valence-corrected chi connectivity index (χ2v) is 9.28. The summed E-state index contributed by atoms with van der Waals surface area (Å²) in [6.07, 6.45) is 1.93. The van der Waals surface area contributed by atoms with E-state index in [0.29, 0.717) is 59.6 Å². The number of ketones is 1. The van der Waals surface area contributed by atoms with Gasteiger partial charge in [0, 0.05) is 33.7 Å². The summed E-state index contributed by atoms with van der Waals surface area (Å²) in [5.41, 5.74) is 1.44. The van der Waals surface area contributed by atoms with Crippen LogP contribution in [-0.4, -0.2) is 35.4 Å². The van der Waals surface area contributed by atoms with Crippen LogP contribution in [0.4, 0.5) is 4.79 Å². The van der Waals surface area contributed by atoms with Gasteiger partial charge >= 0.3 is 6.16 Å². The fourth-order valence-corrected chi connectivity index (χ4v) is 5.03. The molecule has 0 spiro atoms. The fourth-order valence-electron chi connectivity index (χ4n) is 3.95. The minimum Gasteiger partial charge on any atom is -0.507 e. The molecule has 36 heavy (non-hydrogen) atoms. The molecule has 0 aliphatic rings. The lowest BCUT2D eigenvalue weighted by atomic mass is 10.0. The molecule has 9 heteroatoms. The Balaban J connectivity index is 1.72. The number of ether oxygens (including phenoxy) is 3.